The third-order valence-corrected chi connectivity index (χ3v) is 3.71. The monoisotopic (exact) mass is 213 g/mol. The Labute approximate surface area is 94.5 Å². The largest absolute Gasteiger partial charge is 0.396 e. The fourth-order valence-electron chi connectivity index (χ4n) is 2.52. The standard InChI is InChI=1S/C13H27NO/c1-2-12(8-9-15)10-14-11-13-6-4-3-5-7-13/h12-15H,2-11H2,1H3. The fraction of sp³-hybridized carbons (Fsp3) is 1.00. The Kier molecular flexibility index (Phi) is 7.03. The van der Waals surface area contributed by atoms with Crippen molar-refractivity contribution in [2.75, 3.05) is 19.7 Å². The molecule has 0 aliphatic heterocycles. The van der Waals surface area contributed by atoms with E-state index >= 15 is 0 Å². The maximum absolute atomic E-state index is 8.89. The Bertz CT molecular complexity index is 139. The van der Waals surface area contributed by atoms with Gasteiger partial charge >= 0.3 is 0 Å². The zero-order valence-corrected chi connectivity index (χ0v) is 10.2. The Balaban J connectivity index is 2.03. The molecule has 90 valence electrons. The molecule has 0 bridgehead atoms. The SMILES string of the molecule is CCC(CCO)CNCC1CCCCC1. The summed E-state index contributed by atoms with van der Waals surface area (Å²) in [4.78, 5) is 0. The third kappa shape index (κ3) is 5.53. The Morgan fingerprint density at radius 2 is 2.00 bits per heavy atom. The van der Waals surface area contributed by atoms with Gasteiger partial charge in [0.1, 0.15) is 0 Å². The predicted octanol–water partition coefficient (Wildman–Crippen LogP) is 2.56. The van der Waals surface area contributed by atoms with E-state index in [1.165, 1.54) is 45.1 Å². The molecular formula is C13H27NO. The van der Waals surface area contributed by atoms with Crippen LogP contribution in [0.1, 0.15) is 51.9 Å². The zero-order valence-electron chi connectivity index (χ0n) is 10.2. The number of aliphatic hydroxyl groups excluding tert-OH is 1. The van der Waals surface area contributed by atoms with Gasteiger partial charge in [-0.2, -0.15) is 0 Å². The molecule has 2 nitrogen and oxygen atoms in total. The molecule has 0 aromatic heterocycles. The van der Waals surface area contributed by atoms with Gasteiger partial charge in [-0.05, 0) is 44.2 Å². The van der Waals surface area contributed by atoms with Crippen LogP contribution in [0.3, 0.4) is 0 Å². The number of hydrogen-bond acceptors (Lipinski definition) is 2. The quantitative estimate of drug-likeness (QED) is 0.681. The third-order valence-electron chi connectivity index (χ3n) is 3.71. The van der Waals surface area contributed by atoms with E-state index in [0.717, 1.165) is 18.9 Å². The molecule has 1 aliphatic rings. The van der Waals surface area contributed by atoms with Crippen molar-refractivity contribution in [3.05, 3.63) is 0 Å². The van der Waals surface area contributed by atoms with Gasteiger partial charge in [0.15, 0.2) is 0 Å². The maximum Gasteiger partial charge on any atom is 0.0434 e. The van der Waals surface area contributed by atoms with Crippen LogP contribution in [0.15, 0.2) is 0 Å². The topological polar surface area (TPSA) is 32.3 Å². The first-order chi connectivity index (χ1) is 7.36. The van der Waals surface area contributed by atoms with Crippen LogP contribution in [-0.2, 0) is 0 Å². The second kappa shape index (κ2) is 8.12. The van der Waals surface area contributed by atoms with Crippen LogP contribution in [0, 0.1) is 11.8 Å². The highest BCUT2D eigenvalue weighted by molar-refractivity contribution is 4.69. The van der Waals surface area contributed by atoms with E-state index in [1.807, 2.05) is 0 Å². The molecule has 1 rings (SSSR count). The highest BCUT2D eigenvalue weighted by Gasteiger charge is 2.13. The summed E-state index contributed by atoms with van der Waals surface area (Å²) in [6.07, 6.45) is 9.28. The Morgan fingerprint density at radius 1 is 1.27 bits per heavy atom. The van der Waals surface area contributed by atoms with E-state index in [-0.39, 0.29) is 0 Å². The minimum atomic E-state index is 0.337. The van der Waals surface area contributed by atoms with Gasteiger partial charge in [0, 0.05) is 6.61 Å². The van der Waals surface area contributed by atoms with Crippen molar-refractivity contribution < 1.29 is 5.11 Å². The van der Waals surface area contributed by atoms with Crippen LogP contribution in [-0.4, -0.2) is 24.8 Å². The molecule has 0 aromatic rings. The van der Waals surface area contributed by atoms with Crippen molar-refractivity contribution in [3.8, 4) is 0 Å². The molecule has 1 atom stereocenters. The maximum atomic E-state index is 8.89. The second-order valence-corrected chi connectivity index (χ2v) is 4.95. The van der Waals surface area contributed by atoms with E-state index in [9.17, 15) is 0 Å². The molecular weight excluding hydrogens is 186 g/mol. The summed E-state index contributed by atoms with van der Waals surface area (Å²) in [7, 11) is 0. The molecule has 2 heteroatoms. The summed E-state index contributed by atoms with van der Waals surface area (Å²) in [5.74, 6) is 1.59. The highest BCUT2D eigenvalue weighted by atomic mass is 16.3. The smallest absolute Gasteiger partial charge is 0.0434 e. The van der Waals surface area contributed by atoms with Gasteiger partial charge in [0.2, 0.25) is 0 Å². The van der Waals surface area contributed by atoms with Gasteiger partial charge in [-0.25, -0.2) is 0 Å². The van der Waals surface area contributed by atoms with E-state index < -0.39 is 0 Å². The van der Waals surface area contributed by atoms with Gasteiger partial charge in [0.05, 0.1) is 0 Å². The van der Waals surface area contributed by atoms with Crippen molar-refractivity contribution in [1.82, 2.24) is 5.32 Å². The lowest BCUT2D eigenvalue weighted by molar-refractivity contribution is 0.247. The minimum absolute atomic E-state index is 0.337. The van der Waals surface area contributed by atoms with Crippen molar-refractivity contribution in [2.24, 2.45) is 11.8 Å². The van der Waals surface area contributed by atoms with E-state index in [0.29, 0.717) is 12.5 Å². The number of hydrogen-bond donors (Lipinski definition) is 2. The zero-order chi connectivity index (χ0) is 10.9. The Morgan fingerprint density at radius 3 is 2.60 bits per heavy atom. The molecule has 0 amide bonds. The summed E-state index contributed by atoms with van der Waals surface area (Å²) >= 11 is 0. The lowest BCUT2D eigenvalue weighted by Crippen LogP contribution is -2.29. The normalized spacial score (nSPS) is 20.4. The molecule has 2 N–H and O–H groups in total. The van der Waals surface area contributed by atoms with Crippen LogP contribution in [0.4, 0.5) is 0 Å². The summed E-state index contributed by atoms with van der Waals surface area (Å²) < 4.78 is 0. The minimum Gasteiger partial charge on any atom is -0.396 e. The summed E-state index contributed by atoms with van der Waals surface area (Å²) in [6.45, 7) is 4.84. The van der Waals surface area contributed by atoms with Gasteiger partial charge in [-0.3, -0.25) is 0 Å². The van der Waals surface area contributed by atoms with Crippen LogP contribution < -0.4 is 5.32 Å². The van der Waals surface area contributed by atoms with Crippen molar-refractivity contribution >= 4 is 0 Å². The van der Waals surface area contributed by atoms with Crippen molar-refractivity contribution in [2.45, 2.75) is 51.9 Å². The molecule has 1 fully saturated rings. The summed E-state index contributed by atoms with van der Waals surface area (Å²) in [6, 6.07) is 0. The van der Waals surface area contributed by atoms with E-state index in [4.69, 9.17) is 5.11 Å². The van der Waals surface area contributed by atoms with Gasteiger partial charge in [-0.1, -0.05) is 32.6 Å². The molecule has 0 radical (unpaired) electrons. The second-order valence-electron chi connectivity index (χ2n) is 4.95. The van der Waals surface area contributed by atoms with Crippen molar-refractivity contribution in [3.63, 3.8) is 0 Å². The van der Waals surface area contributed by atoms with Gasteiger partial charge < -0.3 is 10.4 Å². The molecule has 0 aromatic carbocycles. The molecule has 1 aliphatic carbocycles. The first kappa shape index (κ1) is 13.0. The van der Waals surface area contributed by atoms with Crippen LogP contribution in [0.2, 0.25) is 0 Å². The molecule has 0 spiro atoms. The number of rotatable bonds is 7. The lowest BCUT2D eigenvalue weighted by Gasteiger charge is -2.23. The van der Waals surface area contributed by atoms with E-state index in [2.05, 4.69) is 12.2 Å². The Hall–Kier alpha value is -0.0800. The molecule has 0 saturated heterocycles. The van der Waals surface area contributed by atoms with Gasteiger partial charge in [-0.15, -0.1) is 0 Å². The average molecular weight is 213 g/mol. The lowest BCUT2D eigenvalue weighted by atomic mass is 9.89. The highest BCUT2D eigenvalue weighted by Crippen LogP contribution is 2.22. The molecule has 0 heterocycles. The number of nitrogens with one attached hydrogen (secondary N) is 1. The van der Waals surface area contributed by atoms with E-state index in [1.54, 1.807) is 0 Å². The van der Waals surface area contributed by atoms with Gasteiger partial charge in [0.25, 0.3) is 0 Å². The van der Waals surface area contributed by atoms with Crippen LogP contribution in [0.5, 0.6) is 0 Å². The molecule has 1 saturated carbocycles. The van der Waals surface area contributed by atoms with Crippen molar-refractivity contribution in [1.29, 1.82) is 0 Å². The van der Waals surface area contributed by atoms with Crippen LogP contribution in [0.25, 0.3) is 0 Å². The first-order valence-corrected chi connectivity index (χ1v) is 6.68. The average Bonchev–Trinajstić information content (AvgIpc) is 2.29. The predicted molar refractivity (Wildman–Crippen MR) is 64.9 cm³/mol. The fourth-order valence-corrected chi connectivity index (χ4v) is 2.52. The molecule has 15 heavy (non-hydrogen) atoms. The van der Waals surface area contributed by atoms with Crippen LogP contribution >= 0.6 is 0 Å². The number of aliphatic hydroxyl groups is 1. The molecule has 1 unspecified atom stereocenters. The summed E-state index contributed by atoms with van der Waals surface area (Å²) in [5, 5.41) is 12.5. The summed E-state index contributed by atoms with van der Waals surface area (Å²) in [5.41, 5.74) is 0. The first-order valence-electron chi connectivity index (χ1n) is 6.68.